The van der Waals surface area contributed by atoms with Crippen LogP contribution in [0.25, 0.3) is 11.5 Å². The second kappa shape index (κ2) is 5.74. The Hall–Kier alpha value is -2.35. The van der Waals surface area contributed by atoms with E-state index in [1.54, 1.807) is 7.05 Å². The van der Waals surface area contributed by atoms with Crippen LogP contribution in [-0.4, -0.2) is 22.2 Å². The first-order valence-corrected chi connectivity index (χ1v) is 6.01. The van der Waals surface area contributed by atoms with Gasteiger partial charge in [0, 0.05) is 6.07 Å². The number of benzene rings is 1. The van der Waals surface area contributed by atoms with Gasteiger partial charge in [0.15, 0.2) is 0 Å². The Labute approximate surface area is 114 Å². The maximum absolute atomic E-state index is 13.8. The van der Waals surface area contributed by atoms with Crippen molar-refractivity contribution in [1.82, 2.24) is 15.5 Å². The fourth-order valence-electron chi connectivity index (χ4n) is 1.78. The van der Waals surface area contributed by atoms with Crippen LogP contribution in [-0.2, 0) is 0 Å². The van der Waals surface area contributed by atoms with E-state index >= 15 is 0 Å². The van der Waals surface area contributed by atoms with Crippen molar-refractivity contribution in [2.24, 2.45) is 0 Å². The molecule has 1 heterocycles. The van der Waals surface area contributed by atoms with Crippen LogP contribution < -0.4 is 5.32 Å². The minimum atomic E-state index is -0.771. The van der Waals surface area contributed by atoms with Gasteiger partial charge in [0.2, 0.25) is 5.89 Å². The predicted octanol–water partition coefficient (Wildman–Crippen LogP) is 2.45. The number of aromatic nitrogens is 2. The van der Waals surface area contributed by atoms with Gasteiger partial charge in [-0.1, -0.05) is 6.92 Å². The monoisotopic (exact) mass is 280 g/mol. The van der Waals surface area contributed by atoms with Gasteiger partial charge in [0.1, 0.15) is 5.82 Å². The average molecular weight is 280 g/mol. The lowest BCUT2D eigenvalue weighted by Crippen LogP contribution is -2.15. The van der Waals surface area contributed by atoms with E-state index in [1.807, 2.05) is 6.92 Å². The fourth-order valence-corrected chi connectivity index (χ4v) is 1.78. The van der Waals surface area contributed by atoms with Crippen molar-refractivity contribution in [3.8, 4) is 11.5 Å². The highest BCUT2D eigenvalue weighted by molar-refractivity contribution is 5.56. The van der Waals surface area contributed by atoms with Gasteiger partial charge in [-0.3, -0.25) is 10.1 Å². The summed E-state index contributed by atoms with van der Waals surface area (Å²) in [5, 5.41) is 21.2. The Morgan fingerprint density at radius 3 is 2.80 bits per heavy atom. The lowest BCUT2D eigenvalue weighted by Gasteiger charge is -2.07. The summed E-state index contributed by atoms with van der Waals surface area (Å²) in [5.41, 5.74) is -0.284. The number of nitro benzene ring substituents is 1. The normalized spacial score (nSPS) is 12.3. The Morgan fingerprint density at radius 1 is 1.50 bits per heavy atom. The van der Waals surface area contributed by atoms with Crippen molar-refractivity contribution in [3.05, 3.63) is 40.0 Å². The Kier molecular flexibility index (Phi) is 4.04. The van der Waals surface area contributed by atoms with Crippen molar-refractivity contribution in [3.63, 3.8) is 0 Å². The quantitative estimate of drug-likeness (QED) is 0.667. The zero-order valence-electron chi connectivity index (χ0n) is 11.0. The average Bonchev–Trinajstić information content (AvgIpc) is 2.89. The smallest absolute Gasteiger partial charge is 0.272 e. The summed E-state index contributed by atoms with van der Waals surface area (Å²) < 4.78 is 19.2. The molecule has 20 heavy (non-hydrogen) atoms. The highest BCUT2D eigenvalue weighted by Crippen LogP contribution is 2.26. The summed E-state index contributed by atoms with van der Waals surface area (Å²) in [6.45, 7) is 1.94. The maximum Gasteiger partial charge on any atom is 0.272 e. The van der Waals surface area contributed by atoms with Crippen LogP contribution in [0.15, 0.2) is 22.6 Å². The summed E-state index contributed by atoms with van der Waals surface area (Å²) in [6.07, 6.45) is 0.737. The number of rotatable bonds is 5. The number of nitro groups is 1. The predicted molar refractivity (Wildman–Crippen MR) is 68.4 cm³/mol. The van der Waals surface area contributed by atoms with Crippen LogP contribution in [0.3, 0.4) is 0 Å². The van der Waals surface area contributed by atoms with Gasteiger partial charge in [0.05, 0.1) is 22.6 Å². The molecule has 0 fully saturated rings. The maximum atomic E-state index is 13.8. The minimum Gasteiger partial charge on any atom is -0.419 e. The highest BCUT2D eigenvalue weighted by atomic mass is 19.1. The molecule has 0 spiro atoms. The van der Waals surface area contributed by atoms with E-state index in [-0.39, 0.29) is 23.2 Å². The second-order valence-electron chi connectivity index (χ2n) is 4.12. The molecule has 2 rings (SSSR count). The van der Waals surface area contributed by atoms with E-state index < -0.39 is 10.7 Å². The van der Waals surface area contributed by atoms with E-state index in [4.69, 9.17) is 4.42 Å². The molecule has 0 radical (unpaired) electrons. The van der Waals surface area contributed by atoms with E-state index in [0.717, 1.165) is 12.5 Å². The molecule has 1 aromatic carbocycles. The molecule has 0 saturated heterocycles. The Morgan fingerprint density at radius 2 is 2.25 bits per heavy atom. The van der Waals surface area contributed by atoms with E-state index in [9.17, 15) is 14.5 Å². The third-order valence-corrected chi connectivity index (χ3v) is 2.89. The first-order chi connectivity index (χ1) is 9.56. The topological polar surface area (TPSA) is 94.1 Å². The van der Waals surface area contributed by atoms with Crippen molar-refractivity contribution in [2.75, 3.05) is 7.05 Å². The number of hydrogen-bond acceptors (Lipinski definition) is 6. The Bertz CT molecular complexity index is 625. The van der Waals surface area contributed by atoms with Gasteiger partial charge in [-0.15, -0.1) is 10.2 Å². The molecule has 7 nitrogen and oxygen atoms in total. The van der Waals surface area contributed by atoms with Crippen molar-refractivity contribution in [2.45, 2.75) is 19.4 Å². The highest BCUT2D eigenvalue weighted by Gasteiger charge is 2.19. The minimum absolute atomic E-state index is 0.00102. The van der Waals surface area contributed by atoms with Crippen molar-refractivity contribution in [1.29, 1.82) is 0 Å². The van der Waals surface area contributed by atoms with Crippen LogP contribution in [0.4, 0.5) is 10.1 Å². The third-order valence-electron chi connectivity index (χ3n) is 2.89. The largest absolute Gasteiger partial charge is 0.419 e. The molecule has 0 bridgehead atoms. The molecule has 2 aromatic rings. The van der Waals surface area contributed by atoms with Gasteiger partial charge in [-0.2, -0.15) is 0 Å². The van der Waals surface area contributed by atoms with E-state index in [0.29, 0.717) is 5.89 Å². The van der Waals surface area contributed by atoms with Crippen LogP contribution in [0.5, 0.6) is 0 Å². The van der Waals surface area contributed by atoms with E-state index in [1.165, 1.54) is 12.1 Å². The molecule has 1 aromatic heterocycles. The number of hydrogen-bond donors (Lipinski definition) is 1. The molecular formula is C12H13FN4O3. The number of non-ortho nitro benzene ring substituents is 1. The summed E-state index contributed by atoms with van der Waals surface area (Å²) in [7, 11) is 1.75. The summed E-state index contributed by atoms with van der Waals surface area (Å²) in [5.74, 6) is -0.421. The van der Waals surface area contributed by atoms with E-state index in [2.05, 4.69) is 15.5 Å². The number of nitrogens with one attached hydrogen (secondary N) is 1. The molecule has 1 atom stereocenters. The summed E-state index contributed by atoms with van der Waals surface area (Å²) in [4.78, 5) is 9.88. The second-order valence-corrected chi connectivity index (χ2v) is 4.12. The molecule has 8 heteroatoms. The molecule has 0 aliphatic carbocycles. The molecule has 0 aliphatic heterocycles. The zero-order chi connectivity index (χ0) is 14.7. The summed E-state index contributed by atoms with van der Waals surface area (Å²) >= 11 is 0. The molecule has 1 N–H and O–H groups in total. The molecule has 0 amide bonds. The molecule has 106 valence electrons. The molecule has 0 saturated carbocycles. The van der Waals surface area contributed by atoms with Gasteiger partial charge >= 0.3 is 0 Å². The van der Waals surface area contributed by atoms with Gasteiger partial charge in [0.25, 0.3) is 11.6 Å². The summed E-state index contributed by atoms with van der Waals surface area (Å²) in [6, 6.07) is 3.16. The van der Waals surface area contributed by atoms with Gasteiger partial charge in [-0.25, -0.2) is 4.39 Å². The first-order valence-electron chi connectivity index (χ1n) is 6.01. The number of halogens is 1. The van der Waals surface area contributed by atoms with Crippen LogP contribution in [0.1, 0.15) is 25.3 Å². The fraction of sp³-hybridized carbons (Fsp3) is 0.333. The van der Waals surface area contributed by atoms with Crippen LogP contribution in [0.2, 0.25) is 0 Å². The molecule has 1 unspecified atom stereocenters. The third kappa shape index (κ3) is 2.64. The van der Waals surface area contributed by atoms with Gasteiger partial charge in [-0.05, 0) is 19.5 Å². The van der Waals surface area contributed by atoms with Gasteiger partial charge < -0.3 is 9.73 Å². The molecular weight excluding hydrogens is 267 g/mol. The van der Waals surface area contributed by atoms with Crippen LogP contribution in [0, 0.1) is 15.9 Å². The SMILES string of the molecule is CCC(NC)c1nnc(-c2ccc([N+](=O)[O-])cc2F)o1. The number of nitrogens with zero attached hydrogens (tertiary/aromatic N) is 3. The zero-order valence-corrected chi connectivity index (χ0v) is 11.0. The standard InChI is InChI=1S/C12H13FN4O3/c1-3-10(14-2)12-16-15-11(20-12)8-5-4-7(17(18)19)6-9(8)13/h4-6,10,14H,3H2,1-2H3. The lowest BCUT2D eigenvalue weighted by molar-refractivity contribution is -0.385. The van der Waals surface area contributed by atoms with Crippen molar-refractivity contribution < 1.29 is 13.7 Å². The lowest BCUT2D eigenvalue weighted by atomic mass is 10.2. The van der Waals surface area contributed by atoms with Crippen molar-refractivity contribution >= 4 is 5.69 Å². The Balaban J connectivity index is 2.35. The first kappa shape index (κ1) is 14.1. The molecule has 0 aliphatic rings. The van der Waals surface area contributed by atoms with Crippen LogP contribution >= 0.6 is 0 Å².